The monoisotopic (exact) mass is 745 g/mol. The molecular formula is C30H27Cl4N3O7S2. The van der Waals surface area contributed by atoms with Crippen LogP contribution in [0.2, 0.25) is 20.1 Å². The van der Waals surface area contributed by atoms with Gasteiger partial charge in [0.25, 0.3) is 5.91 Å². The van der Waals surface area contributed by atoms with E-state index in [-0.39, 0.29) is 39.2 Å². The molecule has 4 rings (SSSR count). The second-order valence-electron chi connectivity index (χ2n) is 9.92. The third-order valence-corrected chi connectivity index (χ3v) is 11.3. The van der Waals surface area contributed by atoms with E-state index in [0.29, 0.717) is 41.4 Å². The van der Waals surface area contributed by atoms with Crippen LogP contribution in [0.5, 0.6) is 0 Å². The van der Waals surface area contributed by atoms with Gasteiger partial charge in [-0.3, -0.25) is 14.4 Å². The lowest BCUT2D eigenvalue weighted by atomic mass is 10.0. The normalized spacial score (nSPS) is 13.1. The first-order chi connectivity index (χ1) is 21.8. The van der Waals surface area contributed by atoms with Gasteiger partial charge >= 0.3 is 11.9 Å². The second-order valence-corrected chi connectivity index (χ2v) is 13.8. The Morgan fingerprint density at radius 2 is 1.67 bits per heavy atom. The average Bonchev–Trinajstić information content (AvgIpc) is 3.37. The number of thiophene rings is 1. The van der Waals surface area contributed by atoms with Crippen LogP contribution in [0.25, 0.3) is 0 Å². The van der Waals surface area contributed by atoms with Crippen LogP contribution < -0.4 is 10.6 Å². The molecule has 2 heterocycles. The molecule has 1 atom stereocenters. The summed E-state index contributed by atoms with van der Waals surface area (Å²) in [6, 6.07) is 6.57. The number of ether oxygens (including phenoxy) is 1. The molecule has 3 N–H and O–H groups in total. The number of carbonyl (C=O) groups is 5. The maximum atomic E-state index is 13.5. The van der Waals surface area contributed by atoms with Gasteiger partial charge in [-0.2, -0.15) is 0 Å². The fraction of sp³-hybridized carbons (Fsp3) is 0.300. The van der Waals surface area contributed by atoms with E-state index in [4.69, 9.17) is 51.1 Å². The number of anilines is 2. The first-order valence-corrected chi connectivity index (χ1v) is 17.0. The highest BCUT2D eigenvalue weighted by Crippen LogP contribution is 2.42. The summed E-state index contributed by atoms with van der Waals surface area (Å²) in [5.41, 5.74) is 0.308. The van der Waals surface area contributed by atoms with Crippen LogP contribution >= 0.6 is 69.5 Å². The molecule has 1 unspecified atom stereocenters. The van der Waals surface area contributed by atoms with Crippen LogP contribution in [0.4, 0.5) is 10.7 Å². The average molecular weight is 748 g/mol. The summed E-state index contributed by atoms with van der Waals surface area (Å²) in [6.45, 7) is 5.99. The standard InChI is InChI=1S/C30H27Cl4N3O7S2/c1-4-17(26(39)36-28-19(30(43)44-5-2)16-9-10-37(13(3)38)12-18(16)46-28)45-15-8-6-7-14(11-15)35-27(40)20-21(29(41)42)23(32)25(34)24(33)22(20)31/h6-8,11,17H,4-5,9-10,12H2,1-3H3,(H,35,40)(H,36,39)(H,41,42). The van der Waals surface area contributed by atoms with E-state index in [9.17, 15) is 29.1 Å². The van der Waals surface area contributed by atoms with Crippen molar-refractivity contribution in [1.29, 1.82) is 0 Å². The Hall–Kier alpha value is -3.00. The largest absolute Gasteiger partial charge is 0.478 e. The maximum absolute atomic E-state index is 13.5. The summed E-state index contributed by atoms with van der Waals surface area (Å²) in [7, 11) is 0. The number of hydrogen-bond donors (Lipinski definition) is 3. The van der Waals surface area contributed by atoms with Crippen LogP contribution in [-0.4, -0.2) is 58.1 Å². The molecule has 1 aromatic heterocycles. The summed E-state index contributed by atoms with van der Waals surface area (Å²) in [6.07, 6.45) is 0.887. The minimum atomic E-state index is -1.52. The van der Waals surface area contributed by atoms with Crippen molar-refractivity contribution >= 4 is 110 Å². The predicted octanol–water partition coefficient (Wildman–Crippen LogP) is 7.90. The smallest absolute Gasteiger partial charge is 0.341 e. The van der Waals surface area contributed by atoms with Crippen molar-refractivity contribution in [2.75, 3.05) is 23.8 Å². The Labute approximate surface area is 292 Å². The van der Waals surface area contributed by atoms with Gasteiger partial charge < -0.3 is 25.4 Å². The van der Waals surface area contributed by atoms with Crippen molar-refractivity contribution < 1.29 is 33.8 Å². The molecule has 10 nitrogen and oxygen atoms in total. The van der Waals surface area contributed by atoms with E-state index < -0.39 is 39.2 Å². The van der Waals surface area contributed by atoms with Crippen LogP contribution in [-0.2, 0) is 27.3 Å². The minimum Gasteiger partial charge on any atom is -0.478 e. The molecule has 0 saturated heterocycles. The number of fused-ring (bicyclic) bond motifs is 1. The molecule has 2 aromatic carbocycles. The molecule has 1 aliphatic heterocycles. The van der Waals surface area contributed by atoms with E-state index >= 15 is 0 Å². The van der Waals surface area contributed by atoms with Crippen molar-refractivity contribution in [2.45, 2.75) is 50.3 Å². The summed E-state index contributed by atoms with van der Waals surface area (Å²) in [5, 5.41) is 13.6. The Bertz CT molecular complexity index is 1750. The van der Waals surface area contributed by atoms with Gasteiger partial charge in [-0.25, -0.2) is 9.59 Å². The molecule has 46 heavy (non-hydrogen) atoms. The number of aromatic carboxylic acids is 1. The van der Waals surface area contributed by atoms with Gasteiger partial charge in [0.2, 0.25) is 11.8 Å². The second kappa shape index (κ2) is 15.3. The first-order valence-electron chi connectivity index (χ1n) is 13.8. The number of rotatable bonds is 10. The van der Waals surface area contributed by atoms with Gasteiger partial charge in [-0.05, 0) is 43.5 Å². The number of thioether (sulfide) groups is 1. The molecule has 0 radical (unpaired) electrons. The van der Waals surface area contributed by atoms with Crippen molar-refractivity contribution in [3.05, 3.63) is 71.5 Å². The van der Waals surface area contributed by atoms with Crippen molar-refractivity contribution in [1.82, 2.24) is 4.90 Å². The number of benzene rings is 2. The Morgan fingerprint density at radius 3 is 2.28 bits per heavy atom. The van der Waals surface area contributed by atoms with Gasteiger partial charge in [0.05, 0.1) is 55.2 Å². The molecule has 244 valence electrons. The Kier molecular flexibility index (Phi) is 11.9. The number of carboxylic acid groups (broad SMARTS) is 1. The molecule has 3 aromatic rings. The summed E-state index contributed by atoms with van der Waals surface area (Å²) < 4.78 is 5.29. The molecule has 0 bridgehead atoms. The van der Waals surface area contributed by atoms with E-state index in [1.165, 1.54) is 30.0 Å². The number of nitrogens with zero attached hydrogens (tertiary/aromatic N) is 1. The fourth-order valence-corrected chi connectivity index (χ4v) is 8.03. The van der Waals surface area contributed by atoms with Gasteiger partial charge in [-0.1, -0.05) is 59.4 Å². The lowest BCUT2D eigenvalue weighted by Gasteiger charge is -2.25. The molecule has 0 saturated carbocycles. The zero-order valence-corrected chi connectivity index (χ0v) is 29.3. The van der Waals surface area contributed by atoms with Crippen molar-refractivity contribution in [3.8, 4) is 0 Å². The number of carbonyl (C=O) groups excluding carboxylic acids is 4. The quantitative estimate of drug-likeness (QED) is 0.0823. The van der Waals surface area contributed by atoms with Crippen LogP contribution in [0.3, 0.4) is 0 Å². The lowest BCUT2D eigenvalue weighted by Crippen LogP contribution is -2.34. The van der Waals surface area contributed by atoms with E-state index in [2.05, 4.69) is 10.6 Å². The van der Waals surface area contributed by atoms with E-state index in [1.807, 2.05) is 6.92 Å². The van der Waals surface area contributed by atoms with Gasteiger partial charge in [-0.15, -0.1) is 23.1 Å². The highest BCUT2D eigenvalue weighted by Gasteiger charge is 2.32. The number of nitrogens with one attached hydrogen (secondary N) is 2. The molecule has 3 amide bonds. The molecule has 0 fully saturated rings. The molecule has 0 spiro atoms. The Morgan fingerprint density at radius 1 is 1.00 bits per heavy atom. The number of amides is 3. The zero-order valence-electron chi connectivity index (χ0n) is 24.6. The van der Waals surface area contributed by atoms with Gasteiger partial charge in [0, 0.05) is 28.9 Å². The predicted molar refractivity (Wildman–Crippen MR) is 181 cm³/mol. The number of esters is 1. The number of hydrogen-bond acceptors (Lipinski definition) is 8. The topological polar surface area (TPSA) is 142 Å². The summed E-state index contributed by atoms with van der Waals surface area (Å²) in [5.74, 6) is -3.37. The molecular weight excluding hydrogens is 720 g/mol. The molecule has 0 aliphatic carbocycles. The van der Waals surface area contributed by atoms with Crippen LogP contribution in [0.15, 0.2) is 29.2 Å². The van der Waals surface area contributed by atoms with Crippen LogP contribution in [0.1, 0.15) is 68.7 Å². The highest BCUT2D eigenvalue weighted by molar-refractivity contribution is 8.00. The van der Waals surface area contributed by atoms with E-state index in [0.717, 1.165) is 10.4 Å². The summed E-state index contributed by atoms with van der Waals surface area (Å²) in [4.78, 5) is 66.7. The SMILES string of the molecule is CCOC(=O)c1c(NC(=O)C(CC)Sc2cccc(NC(=O)c3c(Cl)c(Cl)c(Cl)c(Cl)c3C(=O)O)c2)sc2c1CCN(C(C)=O)C2. The molecule has 16 heteroatoms. The van der Waals surface area contributed by atoms with E-state index in [1.54, 1.807) is 36.1 Å². The third kappa shape index (κ3) is 7.58. The van der Waals surface area contributed by atoms with Crippen LogP contribution in [0, 0.1) is 0 Å². The number of halogens is 4. The van der Waals surface area contributed by atoms with Gasteiger partial charge in [0.1, 0.15) is 5.00 Å². The highest BCUT2D eigenvalue weighted by atomic mass is 35.5. The van der Waals surface area contributed by atoms with Crippen molar-refractivity contribution in [2.24, 2.45) is 0 Å². The minimum absolute atomic E-state index is 0.0747. The maximum Gasteiger partial charge on any atom is 0.341 e. The third-order valence-electron chi connectivity index (χ3n) is 6.96. The first kappa shape index (κ1) is 35.8. The Balaban J connectivity index is 1.55. The fourth-order valence-electron chi connectivity index (χ4n) is 4.74. The zero-order chi connectivity index (χ0) is 33.9. The molecule has 1 aliphatic rings. The lowest BCUT2D eigenvalue weighted by molar-refractivity contribution is -0.129. The summed E-state index contributed by atoms with van der Waals surface area (Å²) >= 11 is 26.8. The van der Waals surface area contributed by atoms with Crippen molar-refractivity contribution in [3.63, 3.8) is 0 Å². The number of carboxylic acids is 1. The van der Waals surface area contributed by atoms with Gasteiger partial charge in [0.15, 0.2) is 0 Å².